The highest BCUT2D eigenvalue weighted by Crippen LogP contribution is 2.44. The first-order valence-corrected chi connectivity index (χ1v) is 10.3. The van der Waals surface area contributed by atoms with Crippen LogP contribution in [0.1, 0.15) is 30.4 Å². The third-order valence-corrected chi connectivity index (χ3v) is 5.33. The van der Waals surface area contributed by atoms with Crippen LogP contribution in [0.2, 0.25) is 0 Å². The number of benzene rings is 2. The molecule has 2 aromatic rings. The molecule has 2 N–H and O–H groups in total. The Labute approximate surface area is 152 Å². The van der Waals surface area contributed by atoms with E-state index in [1.807, 2.05) is 0 Å². The highest BCUT2D eigenvalue weighted by atomic mass is 32.2. The Morgan fingerprint density at radius 2 is 1.85 bits per heavy atom. The van der Waals surface area contributed by atoms with Gasteiger partial charge in [-0.3, -0.25) is 9.52 Å². The Balaban J connectivity index is 1.72. The molecule has 138 valence electrons. The van der Waals surface area contributed by atoms with Gasteiger partial charge in [0, 0.05) is 12.2 Å². The standard InChI is InChI=1S/C19H21FN2O3S/c1-26(24,25)22-17-8-6-15(7-9-17)19(10-3-11-19)18(23)21-13-14-4-2-5-16(20)12-14/h2,4-9,12,22H,3,10-11,13H2,1H3,(H,21,23). The molecule has 1 amide bonds. The van der Waals surface area contributed by atoms with Crippen LogP contribution >= 0.6 is 0 Å². The molecule has 0 atom stereocenters. The second kappa shape index (κ2) is 7.07. The Bertz CT molecular complexity index is 907. The first-order chi connectivity index (χ1) is 12.3. The summed E-state index contributed by atoms with van der Waals surface area (Å²) in [5.74, 6) is -0.416. The van der Waals surface area contributed by atoms with Crippen LogP contribution in [0.25, 0.3) is 0 Å². The Kier molecular flexibility index (Phi) is 5.00. The monoisotopic (exact) mass is 376 g/mol. The van der Waals surface area contributed by atoms with Crippen LogP contribution in [-0.2, 0) is 26.8 Å². The minimum atomic E-state index is -3.34. The van der Waals surface area contributed by atoms with Gasteiger partial charge in [-0.25, -0.2) is 12.8 Å². The number of rotatable bonds is 6. The SMILES string of the molecule is CS(=O)(=O)Nc1ccc(C2(C(=O)NCc3cccc(F)c3)CCC2)cc1. The zero-order valence-electron chi connectivity index (χ0n) is 14.5. The third kappa shape index (κ3) is 4.04. The molecule has 0 bridgehead atoms. The van der Waals surface area contributed by atoms with Crippen molar-refractivity contribution >= 4 is 21.6 Å². The van der Waals surface area contributed by atoms with Crippen molar-refractivity contribution in [3.63, 3.8) is 0 Å². The fourth-order valence-electron chi connectivity index (χ4n) is 3.25. The summed E-state index contributed by atoms with van der Waals surface area (Å²) < 4.78 is 38.3. The van der Waals surface area contributed by atoms with Gasteiger partial charge in [0.1, 0.15) is 5.82 Å². The van der Waals surface area contributed by atoms with Crippen LogP contribution in [0.5, 0.6) is 0 Å². The van der Waals surface area contributed by atoms with E-state index in [1.54, 1.807) is 36.4 Å². The van der Waals surface area contributed by atoms with Gasteiger partial charge >= 0.3 is 0 Å². The second-order valence-electron chi connectivity index (χ2n) is 6.70. The van der Waals surface area contributed by atoms with Crippen molar-refractivity contribution in [3.05, 3.63) is 65.5 Å². The van der Waals surface area contributed by atoms with E-state index in [2.05, 4.69) is 10.0 Å². The van der Waals surface area contributed by atoms with Gasteiger partial charge in [-0.05, 0) is 48.2 Å². The van der Waals surface area contributed by atoms with E-state index < -0.39 is 15.4 Å². The number of nitrogens with one attached hydrogen (secondary N) is 2. The second-order valence-corrected chi connectivity index (χ2v) is 8.45. The Hall–Kier alpha value is -2.41. The van der Waals surface area contributed by atoms with Crippen molar-refractivity contribution in [1.82, 2.24) is 5.32 Å². The minimum Gasteiger partial charge on any atom is -0.351 e. The van der Waals surface area contributed by atoms with Crippen LogP contribution in [0.15, 0.2) is 48.5 Å². The van der Waals surface area contributed by atoms with Crippen LogP contribution < -0.4 is 10.0 Å². The number of carbonyl (C=O) groups excluding carboxylic acids is 1. The topological polar surface area (TPSA) is 75.3 Å². The molecule has 1 saturated carbocycles. The van der Waals surface area contributed by atoms with Gasteiger partial charge in [0.25, 0.3) is 0 Å². The molecule has 5 nitrogen and oxygen atoms in total. The zero-order valence-corrected chi connectivity index (χ0v) is 15.3. The first kappa shape index (κ1) is 18.4. The van der Waals surface area contributed by atoms with Crippen LogP contribution in [0.3, 0.4) is 0 Å². The van der Waals surface area contributed by atoms with Gasteiger partial charge in [0.05, 0.1) is 11.7 Å². The van der Waals surface area contributed by atoms with Gasteiger partial charge in [-0.1, -0.05) is 30.7 Å². The largest absolute Gasteiger partial charge is 0.351 e. The van der Waals surface area contributed by atoms with E-state index in [0.717, 1.165) is 31.1 Å². The highest BCUT2D eigenvalue weighted by Gasteiger charge is 2.45. The molecule has 0 spiro atoms. The average molecular weight is 376 g/mol. The maximum absolute atomic E-state index is 13.3. The van der Waals surface area contributed by atoms with Crippen LogP contribution in [-0.4, -0.2) is 20.6 Å². The smallest absolute Gasteiger partial charge is 0.230 e. The highest BCUT2D eigenvalue weighted by molar-refractivity contribution is 7.92. The Morgan fingerprint density at radius 1 is 1.15 bits per heavy atom. The van der Waals surface area contributed by atoms with Crippen molar-refractivity contribution < 1.29 is 17.6 Å². The normalized spacial score (nSPS) is 15.8. The first-order valence-electron chi connectivity index (χ1n) is 8.40. The molecule has 0 radical (unpaired) electrons. The van der Waals surface area contributed by atoms with Crippen molar-refractivity contribution in [2.45, 2.75) is 31.2 Å². The molecule has 2 aromatic carbocycles. The minimum absolute atomic E-state index is 0.0863. The van der Waals surface area contributed by atoms with E-state index in [0.29, 0.717) is 11.3 Å². The lowest BCUT2D eigenvalue weighted by Gasteiger charge is -2.40. The van der Waals surface area contributed by atoms with E-state index in [-0.39, 0.29) is 18.3 Å². The lowest BCUT2D eigenvalue weighted by molar-refractivity contribution is -0.130. The lowest BCUT2D eigenvalue weighted by Crippen LogP contribution is -2.49. The van der Waals surface area contributed by atoms with Gasteiger partial charge in [-0.2, -0.15) is 0 Å². The zero-order chi connectivity index (χ0) is 18.8. The molecule has 0 unspecified atom stereocenters. The van der Waals surface area contributed by atoms with Gasteiger partial charge in [0.15, 0.2) is 0 Å². The van der Waals surface area contributed by atoms with E-state index >= 15 is 0 Å². The number of hydrogen-bond acceptors (Lipinski definition) is 3. The summed E-state index contributed by atoms with van der Waals surface area (Å²) in [6, 6.07) is 13.0. The number of sulfonamides is 1. The average Bonchev–Trinajstić information content (AvgIpc) is 2.52. The van der Waals surface area contributed by atoms with Crippen molar-refractivity contribution in [3.8, 4) is 0 Å². The number of amides is 1. The molecule has 1 aliphatic rings. The molecule has 7 heteroatoms. The summed E-state index contributed by atoms with van der Waals surface area (Å²) in [5, 5.41) is 2.90. The number of anilines is 1. The third-order valence-electron chi connectivity index (χ3n) is 4.72. The summed E-state index contributed by atoms with van der Waals surface area (Å²) in [6.45, 7) is 0.270. The van der Waals surface area contributed by atoms with Crippen LogP contribution in [0, 0.1) is 5.82 Å². The summed E-state index contributed by atoms with van der Waals surface area (Å²) in [6.07, 6.45) is 3.52. The van der Waals surface area contributed by atoms with E-state index in [9.17, 15) is 17.6 Å². The summed E-state index contributed by atoms with van der Waals surface area (Å²) in [7, 11) is -3.34. The molecule has 0 aliphatic heterocycles. The predicted octanol–water partition coefficient (Wildman–Crippen LogP) is 2.94. The fraction of sp³-hybridized carbons (Fsp3) is 0.316. The molecule has 3 rings (SSSR count). The molecular formula is C19H21FN2O3S. The summed E-state index contributed by atoms with van der Waals surface area (Å²) in [4.78, 5) is 12.8. The van der Waals surface area contributed by atoms with E-state index in [4.69, 9.17) is 0 Å². The number of halogens is 1. The maximum atomic E-state index is 13.3. The predicted molar refractivity (Wildman–Crippen MR) is 98.7 cm³/mol. The summed E-state index contributed by atoms with van der Waals surface area (Å²) in [5.41, 5.74) is 1.43. The van der Waals surface area contributed by atoms with Gasteiger partial charge < -0.3 is 5.32 Å². The summed E-state index contributed by atoms with van der Waals surface area (Å²) >= 11 is 0. The van der Waals surface area contributed by atoms with E-state index in [1.165, 1.54) is 12.1 Å². The molecular weight excluding hydrogens is 355 g/mol. The quantitative estimate of drug-likeness (QED) is 0.814. The molecule has 1 fully saturated rings. The van der Waals surface area contributed by atoms with Crippen LogP contribution in [0.4, 0.5) is 10.1 Å². The molecule has 26 heavy (non-hydrogen) atoms. The molecule has 0 aromatic heterocycles. The Morgan fingerprint density at radius 3 is 2.38 bits per heavy atom. The molecule has 0 saturated heterocycles. The van der Waals surface area contributed by atoms with Gasteiger partial charge in [-0.15, -0.1) is 0 Å². The van der Waals surface area contributed by atoms with Gasteiger partial charge in [0.2, 0.25) is 15.9 Å². The molecule has 1 aliphatic carbocycles. The maximum Gasteiger partial charge on any atom is 0.230 e. The van der Waals surface area contributed by atoms with Crippen molar-refractivity contribution in [1.29, 1.82) is 0 Å². The lowest BCUT2D eigenvalue weighted by atomic mass is 9.63. The van der Waals surface area contributed by atoms with Crippen molar-refractivity contribution in [2.75, 3.05) is 11.0 Å². The fourth-order valence-corrected chi connectivity index (χ4v) is 3.81. The number of hydrogen-bond donors (Lipinski definition) is 2. The molecule has 0 heterocycles. The number of carbonyl (C=O) groups is 1. The van der Waals surface area contributed by atoms with Crippen molar-refractivity contribution in [2.24, 2.45) is 0 Å².